The fourth-order valence-corrected chi connectivity index (χ4v) is 2.25. The summed E-state index contributed by atoms with van der Waals surface area (Å²) < 4.78 is 5.72. The van der Waals surface area contributed by atoms with Gasteiger partial charge < -0.3 is 15.2 Å². The maximum absolute atomic E-state index is 11.3. The van der Waals surface area contributed by atoms with Crippen LogP contribution in [0, 0.1) is 0 Å². The van der Waals surface area contributed by atoms with Crippen molar-refractivity contribution in [1.82, 2.24) is 5.32 Å². The Bertz CT molecular complexity index is 601. The maximum Gasteiger partial charge on any atom is 0.235 e. The Morgan fingerprint density at radius 1 is 1.09 bits per heavy atom. The summed E-state index contributed by atoms with van der Waals surface area (Å²) in [4.78, 5) is 11.3. The van der Waals surface area contributed by atoms with E-state index >= 15 is 0 Å². The molecule has 0 bridgehead atoms. The van der Waals surface area contributed by atoms with Crippen LogP contribution in [0.4, 0.5) is 0 Å². The lowest BCUT2D eigenvalue weighted by Crippen LogP contribution is -2.39. The van der Waals surface area contributed by atoms with E-state index in [0.29, 0.717) is 13.0 Å². The average molecular weight is 334 g/mol. The lowest BCUT2D eigenvalue weighted by Gasteiger charge is -2.16. The number of aliphatic hydroxyl groups is 1. The van der Waals surface area contributed by atoms with Crippen molar-refractivity contribution in [3.63, 3.8) is 0 Å². The SMILES string of the molecule is O=C(CCl)NC(CO)Cc1ccc(OCc2ccccc2)cc1. The zero-order valence-corrected chi connectivity index (χ0v) is 13.5. The standard InChI is InChI=1S/C18H20ClNO3/c19-11-18(22)20-16(12-21)10-14-6-8-17(9-7-14)23-13-15-4-2-1-3-5-15/h1-9,16,21H,10-13H2,(H,20,22). The highest BCUT2D eigenvalue weighted by Gasteiger charge is 2.11. The molecule has 122 valence electrons. The monoisotopic (exact) mass is 333 g/mol. The molecule has 2 N–H and O–H groups in total. The summed E-state index contributed by atoms with van der Waals surface area (Å²) in [6.45, 7) is 0.389. The van der Waals surface area contributed by atoms with Crippen LogP contribution in [0.15, 0.2) is 54.6 Å². The molecule has 5 heteroatoms. The van der Waals surface area contributed by atoms with Gasteiger partial charge in [0.2, 0.25) is 5.91 Å². The number of alkyl halides is 1. The molecule has 1 atom stereocenters. The van der Waals surface area contributed by atoms with Crippen LogP contribution < -0.4 is 10.1 Å². The van der Waals surface area contributed by atoms with Gasteiger partial charge in [0.1, 0.15) is 18.2 Å². The molecule has 0 aliphatic heterocycles. The number of carbonyl (C=O) groups is 1. The van der Waals surface area contributed by atoms with E-state index in [-0.39, 0.29) is 24.4 Å². The van der Waals surface area contributed by atoms with Gasteiger partial charge >= 0.3 is 0 Å². The van der Waals surface area contributed by atoms with Crippen LogP contribution in [0.25, 0.3) is 0 Å². The first-order valence-corrected chi connectivity index (χ1v) is 7.96. The third kappa shape index (κ3) is 5.93. The van der Waals surface area contributed by atoms with Crippen LogP contribution in [-0.2, 0) is 17.8 Å². The van der Waals surface area contributed by atoms with Gasteiger partial charge in [-0.1, -0.05) is 42.5 Å². The highest BCUT2D eigenvalue weighted by molar-refractivity contribution is 6.27. The third-order valence-corrected chi connectivity index (χ3v) is 3.60. The molecule has 0 radical (unpaired) electrons. The van der Waals surface area contributed by atoms with Crippen molar-refractivity contribution in [3.05, 3.63) is 65.7 Å². The number of nitrogens with one attached hydrogen (secondary N) is 1. The van der Waals surface area contributed by atoms with E-state index in [9.17, 15) is 9.90 Å². The van der Waals surface area contributed by atoms with Gasteiger partial charge in [-0.15, -0.1) is 11.6 Å². The molecule has 0 aliphatic rings. The molecular weight excluding hydrogens is 314 g/mol. The molecule has 0 saturated heterocycles. The predicted molar refractivity (Wildman–Crippen MR) is 90.7 cm³/mol. The van der Waals surface area contributed by atoms with Gasteiger partial charge in [-0.2, -0.15) is 0 Å². The number of benzene rings is 2. The topological polar surface area (TPSA) is 58.6 Å². The van der Waals surface area contributed by atoms with Gasteiger partial charge in [0.25, 0.3) is 0 Å². The van der Waals surface area contributed by atoms with Gasteiger partial charge in [-0.25, -0.2) is 0 Å². The minimum Gasteiger partial charge on any atom is -0.489 e. The van der Waals surface area contributed by atoms with Crippen molar-refractivity contribution < 1.29 is 14.6 Å². The van der Waals surface area contributed by atoms with Gasteiger partial charge in [0, 0.05) is 0 Å². The molecule has 23 heavy (non-hydrogen) atoms. The molecular formula is C18H20ClNO3. The van der Waals surface area contributed by atoms with Crippen LogP contribution in [-0.4, -0.2) is 29.5 Å². The van der Waals surface area contributed by atoms with Gasteiger partial charge in [-0.05, 0) is 29.7 Å². The highest BCUT2D eigenvalue weighted by atomic mass is 35.5. The molecule has 2 aromatic carbocycles. The Morgan fingerprint density at radius 3 is 2.39 bits per heavy atom. The minimum atomic E-state index is -0.336. The third-order valence-electron chi connectivity index (χ3n) is 3.36. The van der Waals surface area contributed by atoms with Crippen LogP contribution in [0.2, 0.25) is 0 Å². The van der Waals surface area contributed by atoms with Gasteiger partial charge in [0.15, 0.2) is 0 Å². The van der Waals surface area contributed by atoms with Crippen molar-refractivity contribution >= 4 is 17.5 Å². The van der Waals surface area contributed by atoms with Crippen molar-refractivity contribution in [3.8, 4) is 5.75 Å². The molecule has 0 aromatic heterocycles. The second-order valence-electron chi connectivity index (χ2n) is 5.20. The predicted octanol–water partition coefficient (Wildman–Crippen LogP) is 2.52. The fourth-order valence-electron chi connectivity index (χ4n) is 2.17. The van der Waals surface area contributed by atoms with E-state index in [1.165, 1.54) is 0 Å². The van der Waals surface area contributed by atoms with E-state index in [2.05, 4.69) is 5.32 Å². The number of carbonyl (C=O) groups excluding carboxylic acids is 1. The number of aliphatic hydroxyl groups excluding tert-OH is 1. The van der Waals surface area contributed by atoms with Crippen molar-refractivity contribution in [2.75, 3.05) is 12.5 Å². The number of rotatable bonds is 8. The second kappa shape index (κ2) is 9.18. The Labute approximate surface area is 141 Å². The van der Waals surface area contributed by atoms with Crippen LogP contribution in [0.3, 0.4) is 0 Å². The smallest absolute Gasteiger partial charge is 0.235 e. The van der Waals surface area contributed by atoms with Crippen LogP contribution in [0.1, 0.15) is 11.1 Å². The lowest BCUT2D eigenvalue weighted by molar-refractivity contribution is -0.119. The van der Waals surface area contributed by atoms with E-state index in [0.717, 1.165) is 16.9 Å². The number of hydrogen-bond donors (Lipinski definition) is 2. The molecule has 0 aliphatic carbocycles. The number of ether oxygens (including phenoxy) is 1. The zero-order valence-electron chi connectivity index (χ0n) is 12.7. The summed E-state index contributed by atoms with van der Waals surface area (Å²) in [6.07, 6.45) is 0.540. The second-order valence-corrected chi connectivity index (χ2v) is 5.47. The van der Waals surface area contributed by atoms with E-state index in [4.69, 9.17) is 16.3 Å². The Balaban J connectivity index is 1.87. The fraction of sp³-hybridized carbons (Fsp3) is 0.278. The van der Waals surface area contributed by atoms with E-state index in [1.807, 2.05) is 54.6 Å². The molecule has 0 spiro atoms. The number of amides is 1. The average Bonchev–Trinajstić information content (AvgIpc) is 2.61. The Hall–Kier alpha value is -2.04. The minimum absolute atomic E-state index is 0.108. The summed E-state index contributed by atoms with van der Waals surface area (Å²) in [5, 5.41) is 12.0. The molecule has 2 aromatic rings. The largest absolute Gasteiger partial charge is 0.489 e. The Morgan fingerprint density at radius 2 is 1.78 bits per heavy atom. The number of hydrogen-bond acceptors (Lipinski definition) is 3. The summed E-state index contributed by atoms with van der Waals surface area (Å²) in [7, 11) is 0. The molecule has 4 nitrogen and oxygen atoms in total. The Kier molecular flexibility index (Phi) is 6.91. The van der Waals surface area contributed by atoms with Crippen molar-refractivity contribution in [2.24, 2.45) is 0 Å². The first-order chi connectivity index (χ1) is 11.2. The van der Waals surface area contributed by atoms with Crippen LogP contribution >= 0.6 is 11.6 Å². The van der Waals surface area contributed by atoms with Gasteiger partial charge in [-0.3, -0.25) is 4.79 Å². The summed E-state index contributed by atoms with van der Waals surface area (Å²) >= 11 is 5.45. The summed E-state index contributed by atoms with van der Waals surface area (Å²) in [5.74, 6) is 0.388. The lowest BCUT2D eigenvalue weighted by atomic mass is 10.1. The van der Waals surface area contributed by atoms with Crippen LogP contribution in [0.5, 0.6) is 5.75 Å². The zero-order chi connectivity index (χ0) is 16.5. The van der Waals surface area contributed by atoms with Crippen molar-refractivity contribution in [2.45, 2.75) is 19.1 Å². The van der Waals surface area contributed by atoms with Crippen molar-refractivity contribution in [1.29, 1.82) is 0 Å². The first-order valence-electron chi connectivity index (χ1n) is 7.43. The highest BCUT2D eigenvalue weighted by Crippen LogP contribution is 2.15. The molecule has 0 heterocycles. The molecule has 0 fully saturated rings. The molecule has 2 rings (SSSR count). The maximum atomic E-state index is 11.3. The molecule has 1 unspecified atom stereocenters. The molecule has 0 saturated carbocycles. The molecule has 1 amide bonds. The summed E-state index contributed by atoms with van der Waals surface area (Å²) in [5.41, 5.74) is 2.12. The van der Waals surface area contributed by atoms with E-state index < -0.39 is 0 Å². The first kappa shape index (κ1) is 17.3. The van der Waals surface area contributed by atoms with Gasteiger partial charge in [0.05, 0.1) is 12.6 Å². The quantitative estimate of drug-likeness (QED) is 0.730. The normalized spacial score (nSPS) is 11.7. The van der Waals surface area contributed by atoms with E-state index in [1.54, 1.807) is 0 Å². The summed E-state index contributed by atoms with van der Waals surface area (Å²) in [6, 6.07) is 17.2. The number of halogens is 1.